The SMILES string of the molecule is CCCCCCCCCCCCCCCCCCCCCCCCCCNC(CCC(=O)O)C(=O)O. The second-order valence-corrected chi connectivity index (χ2v) is 10.9. The van der Waals surface area contributed by atoms with Gasteiger partial charge in [-0.05, 0) is 19.4 Å². The molecule has 0 aliphatic heterocycles. The Balaban J connectivity index is 3.20. The van der Waals surface area contributed by atoms with E-state index in [0.29, 0.717) is 6.54 Å². The minimum atomic E-state index is -0.958. The van der Waals surface area contributed by atoms with Crippen molar-refractivity contribution in [2.75, 3.05) is 6.54 Å². The Morgan fingerprint density at radius 3 is 1.11 bits per heavy atom. The highest BCUT2D eigenvalue weighted by Crippen LogP contribution is 2.15. The van der Waals surface area contributed by atoms with Gasteiger partial charge in [0, 0.05) is 6.42 Å². The molecule has 0 saturated heterocycles. The molecular weight excluding hydrogens is 450 g/mol. The Hall–Kier alpha value is -1.10. The van der Waals surface area contributed by atoms with Gasteiger partial charge in [0.1, 0.15) is 6.04 Å². The maximum absolute atomic E-state index is 11.1. The molecule has 0 heterocycles. The van der Waals surface area contributed by atoms with Crippen LogP contribution in [0.5, 0.6) is 0 Å². The normalized spacial score (nSPS) is 12.1. The van der Waals surface area contributed by atoms with E-state index >= 15 is 0 Å². The van der Waals surface area contributed by atoms with Crippen molar-refractivity contribution in [1.29, 1.82) is 0 Å². The highest BCUT2D eigenvalue weighted by molar-refractivity contribution is 5.75. The van der Waals surface area contributed by atoms with E-state index in [4.69, 9.17) is 10.2 Å². The van der Waals surface area contributed by atoms with Gasteiger partial charge < -0.3 is 15.5 Å². The van der Waals surface area contributed by atoms with Crippen molar-refractivity contribution in [1.82, 2.24) is 5.32 Å². The minimum Gasteiger partial charge on any atom is -0.481 e. The van der Waals surface area contributed by atoms with E-state index < -0.39 is 18.0 Å². The van der Waals surface area contributed by atoms with Gasteiger partial charge in [-0.3, -0.25) is 9.59 Å². The summed E-state index contributed by atoms with van der Waals surface area (Å²) in [6, 6.07) is -0.745. The predicted molar refractivity (Wildman–Crippen MR) is 153 cm³/mol. The molecule has 0 aliphatic carbocycles. The second-order valence-electron chi connectivity index (χ2n) is 10.9. The van der Waals surface area contributed by atoms with E-state index in [9.17, 15) is 9.59 Å². The van der Waals surface area contributed by atoms with Crippen molar-refractivity contribution in [3.63, 3.8) is 0 Å². The quantitative estimate of drug-likeness (QED) is 0.0836. The molecule has 0 fully saturated rings. The van der Waals surface area contributed by atoms with Gasteiger partial charge >= 0.3 is 11.9 Å². The molecule has 0 aliphatic rings. The van der Waals surface area contributed by atoms with Crippen LogP contribution in [0.1, 0.15) is 174 Å². The van der Waals surface area contributed by atoms with Gasteiger partial charge in [-0.1, -0.05) is 155 Å². The van der Waals surface area contributed by atoms with Gasteiger partial charge in [0.25, 0.3) is 0 Å². The number of carboxylic acids is 2. The summed E-state index contributed by atoms with van der Waals surface area (Å²) in [6.45, 7) is 2.94. The van der Waals surface area contributed by atoms with Crippen LogP contribution in [-0.2, 0) is 9.59 Å². The minimum absolute atomic E-state index is 0.108. The number of unbranched alkanes of at least 4 members (excludes halogenated alkanes) is 23. The van der Waals surface area contributed by atoms with Crippen LogP contribution < -0.4 is 5.32 Å². The molecule has 3 N–H and O–H groups in total. The lowest BCUT2D eigenvalue weighted by molar-refractivity contribution is -0.140. The zero-order valence-electron chi connectivity index (χ0n) is 23.9. The van der Waals surface area contributed by atoms with E-state index in [0.717, 1.165) is 12.8 Å². The summed E-state index contributed by atoms with van der Waals surface area (Å²) >= 11 is 0. The topological polar surface area (TPSA) is 86.6 Å². The molecule has 1 atom stereocenters. The van der Waals surface area contributed by atoms with Gasteiger partial charge in [0.05, 0.1) is 0 Å². The number of aliphatic carboxylic acids is 2. The van der Waals surface area contributed by atoms with E-state index in [1.165, 1.54) is 141 Å². The molecule has 0 aromatic heterocycles. The van der Waals surface area contributed by atoms with Crippen LogP contribution in [0.25, 0.3) is 0 Å². The molecule has 0 amide bonds. The Morgan fingerprint density at radius 1 is 0.528 bits per heavy atom. The number of hydrogen-bond acceptors (Lipinski definition) is 3. The van der Waals surface area contributed by atoms with Crippen molar-refractivity contribution < 1.29 is 19.8 Å². The zero-order valence-corrected chi connectivity index (χ0v) is 23.9. The number of carboxylic acid groups (broad SMARTS) is 2. The lowest BCUT2D eigenvalue weighted by atomic mass is 10.0. The number of hydrogen-bond donors (Lipinski definition) is 3. The molecule has 0 spiro atoms. The molecule has 0 bridgehead atoms. The molecular formula is C31H61NO4. The summed E-state index contributed by atoms with van der Waals surface area (Å²) in [4.78, 5) is 21.7. The Kier molecular flexibility index (Phi) is 27.6. The third-order valence-corrected chi connectivity index (χ3v) is 7.37. The second kappa shape index (κ2) is 28.5. The highest BCUT2D eigenvalue weighted by Gasteiger charge is 2.17. The first-order valence-corrected chi connectivity index (χ1v) is 15.8. The van der Waals surface area contributed by atoms with E-state index in [1.54, 1.807) is 0 Å². The third-order valence-electron chi connectivity index (χ3n) is 7.37. The predicted octanol–water partition coefficient (Wildman–Crippen LogP) is 9.28. The van der Waals surface area contributed by atoms with Gasteiger partial charge in [0.15, 0.2) is 0 Å². The molecule has 5 nitrogen and oxygen atoms in total. The highest BCUT2D eigenvalue weighted by atomic mass is 16.4. The Morgan fingerprint density at radius 2 is 0.833 bits per heavy atom. The van der Waals surface area contributed by atoms with Crippen molar-refractivity contribution in [3.8, 4) is 0 Å². The van der Waals surface area contributed by atoms with Crippen LogP contribution in [0.3, 0.4) is 0 Å². The van der Waals surface area contributed by atoms with Crippen LogP contribution in [0.15, 0.2) is 0 Å². The summed E-state index contributed by atoms with van der Waals surface area (Å²) < 4.78 is 0. The molecule has 0 saturated carbocycles. The molecule has 36 heavy (non-hydrogen) atoms. The molecule has 0 radical (unpaired) electrons. The van der Waals surface area contributed by atoms with Crippen LogP contribution in [-0.4, -0.2) is 34.7 Å². The number of nitrogens with one attached hydrogen (secondary N) is 1. The van der Waals surface area contributed by atoms with Crippen LogP contribution in [0, 0.1) is 0 Å². The standard InChI is InChI=1S/C31H61NO4/c1-2-3-4-5-6-7-8-9-10-11-12-13-14-15-16-17-18-19-20-21-22-23-24-25-28-32-29(31(35)36)26-27-30(33)34/h29,32H,2-28H2,1H3,(H,33,34)(H,35,36). The maximum Gasteiger partial charge on any atom is 0.320 e. The summed E-state index contributed by atoms with van der Waals surface area (Å²) in [5.41, 5.74) is 0. The number of carbonyl (C=O) groups is 2. The van der Waals surface area contributed by atoms with Crippen LogP contribution in [0.4, 0.5) is 0 Å². The largest absolute Gasteiger partial charge is 0.481 e. The van der Waals surface area contributed by atoms with E-state index in [-0.39, 0.29) is 12.8 Å². The molecule has 5 heteroatoms. The average Bonchev–Trinajstić information content (AvgIpc) is 2.85. The van der Waals surface area contributed by atoms with Crippen molar-refractivity contribution >= 4 is 11.9 Å². The summed E-state index contributed by atoms with van der Waals surface area (Å²) in [7, 11) is 0. The van der Waals surface area contributed by atoms with E-state index in [2.05, 4.69) is 12.2 Å². The molecule has 1 unspecified atom stereocenters. The van der Waals surface area contributed by atoms with E-state index in [1.807, 2.05) is 0 Å². The van der Waals surface area contributed by atoms with Gasteiger partial charge in [-0.25, -0.2) is 0 Å². The lowest BCUT2D eigenvalue weighted by Gasteiger charge is -2.13. The summed E-state index contributed by atoms with van der Waals surface area (Å²) in [6.07, 6.45) is 32.9. The fourth-order valence-electron chi connectivity index (χ4n) is 4.94. The lowest BCUT2D eigenvalue weighted by Crippen LogP contribution is -2.37. The van der Waals surface area contributed by atoms with Gasteiger partial charge in [-0.2, -0.15) is 0 Å². The van der Waals surface area contributed by atoms with Crippen molar-refractivity contribution in [2.45, 2.75) is 180 Å². The van der Waals surface area contributed by atoms with Gasteiger partial charge in [0.2, 0.25) is 0 Å². The zero-order chi connectivity index (χ0) is 26.5. The molecule has 0 aromatic rings. The monoisotopic (exact) mass is 511 g/mol. The van der Waals surface area contributed by atoms with Crippen molar-refractivity contribution in [2.24, 2.45) is 0 Å². The summed E-state index contributed by atoms with van der Waals surface area (Å²) in [5.74, 6) is -1.90. The van der Waals surface area contributed by atoms with Gasteiger partial charge in [-0.15, -0.1) is 0 Å². The van der Waals surface area contributed by atoms with Crippen molar-refractivity contribution in [3.05, 3.63) is 0 Å². The fraction of sp³-hybridized carbons (Fsp3) is 0.935. The van der Waals surface area contributed by atoms with Crippen LogP contribution in [0.2, 0.25) is 0 Å². The maximum atomic E-state index is 11.1. The first-order chi connectivity index (χ1) is 17.6. The molecule has 214 valence electrons. The Labute approximate surface area is 223 Å². The first-order valence-electron chi connectivity index (χ1n) is 15.8. The first kappa shape index (κ1) is 34.9. The molecule has 0 aromatic carbocycles. The Bertz CT molecular complexity index is 483. The fourth-order valence-corrected chi connectivity index (χ4v) is 4.94. The third kappa shape index (κ3) is 27.5. The smallest absolute Gasteiger partial charge is 0.320 e. The average molecular weight is 512 g/mol. The summed E-state index contributed by atoms with van der Waals surface area (Å²) in [5, 5.41) is 20.8. The molecule has 0 rings (SSSR count). The number of rotatable bonds is 30. The van der Waals surface area contributed by atoms with Crippen LogP contribution >= 0.6 is 0 Å².